The predicted molar refractivity (Wildman–Crippen MR) is 99.5 cm³/mol. The molecular formula is C21H21NO3. The number of ether oxygens (including phenoxy) is 1. The van der Waals surface area contributed by atoms with Crippen LogP contribution >= 0.6 is 0 Å². The fourth-order valence-corrected chi connectivity index (χ4v) is 2.90. The first kappa shape index (κ1) is 17.0. The molecular weight excluding hydrogens is 314 g/mol. The number of piperidine rings is 1. The Bertz CT molecular complexity index is 837. The zero-order chi connectivity index (χ0) is 18.0. The largest absolute Gasteiger partial charge is 0.497 e. The number of aliphatic hydroxyl groups is 1. The van der Waals surface area contributed by atoms with Crippen LogP contribution in [0, 0.1) is 0 Å². The Morgan fingerprint density at radius 1 is 1.20 bits per heavy atom. The number of methoxy groups -OCH3 is 1. The first-order chi connectivity index (χ1) is 11.9. The van der Waals surface area contributed by atoms with Gasteiger partial charge in [-0.25, -0.2) is 0 Å². The van der Waals surface area contributed by atoms with Crippen molar-refractivity contribution in [2.24, 2.45) is 0 Å². The van der Waals surface area contributed by atoms with Crippen LogP contribution in [0.15, 0.2) is 72.3 Å². The van der Waals surface area contributed by atoms with Gasteiger partial charge in [0, 0.05) is 11.3 Å². The quantitative estimate of drug-likeness (QED) is 0.874. The van der Waals surface area contributed by atoms with Crippen molar-refractivity contribution in [2.45, 2.75) is 12.5 Å². The van der Waals surface area contributed by atoms with Crippen molar-refractivity contribution in [3.05, 3.63) is 77.9 Å². The molecule has 1 aliphatic heterocycles. The summed E-state index contributed by atoms with van der Waals surface area (Å²) in [5, 5.41) is 10.9. The van der Waals surface area contributed by atoms with Crippen molar-refractivity contribution in [3.8, 4) is 5.75 Å². The third-order valence-corrected chi connectivity index (χ3v) is 4.55. The maximum Gasteiger partial charge on any atom is 0.257 e. The molecule has 1 heterocycles. The fraction of sp³-hybridized carbons (Fsp3) is 0.190. The van der Waals surface area contributed by atoms with Crippen molar-refractivity contribution in [2.75, 3.05) is 18.6 Å². The number of benzene rings is 2. The Morgan fingerprint density at radius 2 is 1.92 bits per heavy atom. The summed E-state index contributed by atoms with van der Waals surface area (Å²) in [6.45, 7) is 5.75. The van der Waals surface area contributed by atoms with Crippen LogP contribution < -0.4 is 9.64 Å². The molecule has 1 unspecified atom stereocenters. The monoisotopic (exact) mass is 335 g/mol. The highest BCUT2D eigenvalue weighted by molar-refractivity contribution is 6.09. The summed E-state index contributed by atoms with van der Waals surface area (Å²) in [4.78, 5) is 14.3. The van der Waals surface area contributed by atoms with Crippen LogP contribution in [0.3, 0.4) is 0 Å². The normalized spacial score (nSPS) is 22.4. The van der Waals surface area contributed by atoms with E-state index >= 15 is 0 Å². The molecule has 0 spiro atoms. The molecule has 0 saturated carbocycles. The van der Waals surface area contributed by atoms with Crippen LogP contribution in [0.1, 0.15) is 12.5 Å². The molecule has 2 aromatic carbocycles. The Balaban J connectivity index is 2.03. The van der Waals surface area contributed by atoms with Gasteiger partial charge in [-0.15, -0.1) is 0 Å². The molecule has 25 heavy (non-hydrogen) atoms. The molecule has 4 nitrogen and oxygen atoms in total. The van der Waals surface area contributed by atoms with Crippen LogP contribution in [0.4, 0.5) is 5.69 Å². The van der Waals surface area contributed by atoms with Gasteiger partial charge in [0.2, 0.25) is 0 Å². The van der Waals surface area contributed by atoms with Crippen LogP contribution in [-0.2, 0) is 4.79 Å². The number of hydrogen-bond acceptors (Lipinski definition) is 3. The SMILES string of the molecule is C=C1C(=O)N(c2ccccc2)C/C(=C\c2cccc(OC)c2)C1(C)O. The molecule has 1 saturated heterocycles. The lowest BCUT2D eigenvalue weighted by Crippen LogP contribution is -2.50. The van der Waals surface area contributed by atoms with Gasteiger partial charge >= 0.3 is 0 Å². The molecule has 1 fully saturated rings. The number of carbonyl (C=O) groups is 1. The van der Waals surface area contributed by atoms with E-state index in [1.165, 1.54) is 0 Å². The highest BCUT2D eigenvalue weighted by Crippen LogP contribution is 2.35. The van der Waals surface area contributed by atoms with Crippen molar-refractivity contribution in [1.82, 2.24) is 0 Å². The summed E-state index contributed by atoms with van der Waals surface area (Å²) in [6, 6.07) is 17.0. The molecule has 0 bridgehead atoms. The Kier molecular flexibility index (Phi) is 4.47. The Hall–Kier alpha value is -2.85. The van der Waals surface area contributed by atoms with Crippen molar-refractivity contribution >= 4 is 17.7 Å². The van der Waals surface area contributed by atoms with Crippen molar-refractivity contribution in [3.63, 3.8) is 0 Å². The maximum absolute atomic E-state index is 12.7. The van der Waals surface area contributed by atoms with Gasteiger partial charge in [0.25, 0.3) is 5.91 Å². The fourth-order valence-electron chi connectivity index (χ4n) is 2.90. The van der Waals surface area contributed by atoms with E-state index < -0.39 is 5.60 Å². The van der Waals surface area contributed by atoms with Crippen LogP contribution in [0.2, 0.25) is 0 Å². The highest BCUT2D eigenvalue weighted by atomic mass is 16.5. The molecule has 1 aliphatic rings. The molecule has 3 rings (SSSR count). The molecule has 1 amide bonds. The van der Waals surface area contributed by atoms with Crippen LogP contribution in [0.25, 0.3) is 6.08 Å². The maximum atomic E-state index is 12.7. The Labute approximate surface area is 147 Å². The zero-order valence-electron chi connectivity index (χ0n) is 14.4. The molecule has 1 N–H and O–H groups in total. The van der Waals surface area contributed by atoms with Crippen molar-refractivity contribution < 1.29 is 14.6 Å². The van der Waals surface area contributed by atoms with Crippen LogP contribution in [0.5, 0.6) is 5.75 Å². The van der Waals surface area contributed by atoms with E-state index in [4.69, 9.17) is 4.74 Å². The molecule has 2 aromatic rings. The van der Waals surface area contributed by atoms with E-state index in [-0.39, 0.29) is 11.5 Å². The lowest BCUT2D eigenvalue weighted by molar-refractivity contribution is -0.117. The zero-order valence-corrected chi connectivity index (χ0v) is 14.4. The summed E-state index contributed by atoms with van der Waals surface area (Å²) in [5.74, 6) is 0.471. The minimum atomic E-state index is -1.38. The van der Waals surface area contributed by atoms with E-state index in [2.05, 4.69) is 6.58 Å². The van der Waals surface area contributed by atoms with E-state index in [0.717, 1.165) is 17.0 Å². The van der Waals surface area contributed by atoms with Gasteiger partial charge in [-0.05, 0) is 42.3 Å². The van der Waals surface area contributed by atoms with E-state index in [9.17, 15) is 9.90 Å². The second-order valence-electron chi connectivity index (χ2n) is 6.22. The van der Waals surface area contributed by atoms with Gasteiger partial charge in [0.05, 0.1) is 13.7 Å². The van der Waals surface area contributed by atoms with E-state index in [1.807, 2.05) is 60.7 Å². The third-order valence-electron chi connectivity index (χ3n) is 4.55. The Morgan fingerprint density at radius 3 is 2.60 bits per heavy atom. The summed E-state index contributed by atoms with van der Waals surface area (Å²) < 4.78 is 5.25. The first-order valence-corrected chi connectivity index (χ1v) is 8.07. The number of nitrogens with zero attached hydrogens (tertiary/aromatic N) is 1. The second-order valence-corrected chi connectivity index (χ2v) is 6.22. The predicted octanol–water partition coefficient (Wildman–Crippen LogP) is 3.43. The standard InChI is InChI=1S/C21H21NO3/c1-15-20(23)22(18-9-5-4-6-10-18)14-17(21(15,2)24)12-16-8-7-11-19(13-16)25-3/h4-13,24H,1,14H2,2-3H3/b17-12+. The number of rotatable bonds is 3. The number of carbonyl (C=O) groups excluding carboxylic acids is 1. The summed E-state index contributed by atoms with van der Waals surface area (Å²) in [6.07, 6.45) is 1.88. The molecule has 128 valence electrons. The molecule has 1 atom stereocenters. The van der Waals surface area contributed by atoms with E-state index in [1.54, 1.807) is 18.9 Å². The number of amides is 1. The van der Waals surface area contributed by atoms with E-state index in [0.29, 0.717) is 12.1 Å². The summed E-state index contributed by atoms with van der Waals surface area (Å²) in [7, 11) is 1.61. The number of anilines is 1. The van der Waals surface area contributed by atoms with Crippen molar-refractivity contribution in [1.29, 1.82) is 0 Å². The molecule has 0 aromatic heterocycles. The minimum Gasteiger partial charge on any atom is -0.497 e. The topological polar surface area (TPSA) is 49.8 Å². The average Bonchev–Trinajstić information content (AvgIpc) is 2.63. The van der Waals surface area contributed by atoms with Gasteiger partial charge in [0.15, 0.2) is 0 Å². The van der Waals surface area contributed by atoms with Gasteiger partial charge in [-0.2, -0.15) is 0 Å². The highest BCUT2D eigenvalue weighted by Gasteiger charge is 2.41. The molecule has 0 radical (unpaired) electrons. The lowest BCUT2D eigenvalue weighted by Gasteiger charge is -2.39. The van der Waals surface area contributed by atoms with Gasteiger partial charge in [0.1, 0.15) is 11.4 Å². The molecule has 0 aliphatic carbocycles. The first-order valence-electron chi connectivity index (χ1n) is 8.07. The van der Waals surface area contributed by atoms with Crippen LogP contribution in [-0.4, -0.2) is 30.3 Å². The number of hydrogen-bond donors (Lipinski definition) is 1. The average molecular weight is 335 g/mol. The second kappa shape index (κ2) is 6.57. The smallest absolute Gasteiger partial charge is 0.257 e. The summed E-state index contributed by atoms with van der Waals surface area (Å²) in [5.41, 5.74) is 1.15. The summed E-state index contributed by atoms with van der Waals surface area (Å²) >= 11 is 0. The number of para-hydroxylation sites is 1. The van der Waals surface area contributed by atoms with Gasteiger partial charge in [-0.3, -0.25) is 4.79 Å². The molecule has 4 heteroatoms. The lowest BCUT2D eigenvalue weighted by atomic mass is 9.82. The minimum absolute atomic E-state index is 0.164. The van der Waals surface area contributed by atoms with Gasteiger partial charge in [-0.1, -0.05) is 43.0 Å². The van der Waals surface area contributed by atoms with Gasteiger partial charge < -0.3 is 14.7 Å². The third kappa shape index (κ3) is 3.21.